The number of nitrogens with zero attached hydrogens (tertiary/aromatic N) is 3. The van der Waals surface area contributed by atoms with E-state index in [4.69, 9.17) is 4.74 Å². The molecule has 3 rings (SSSR count). The second-order valence-corrected chi connectivity index (χ2v) is 9.02. The Kier molecular flexibility index (Phi) is 7.48. The summed E-state index contributed by atoms with van der Waals surface area (Å²) in [6.07, 6.45) is 5.74. The van der Waals surface area contributed by atoms with Gasteiger partial charge < -0.3 is 4.74 Å². The number of hydrogen-bond donors (Lipinski definition) is 0. The van der Waals surface area contributed by atoms with Crippen LogP contribution in [0, 0.1) is 0 Å². The quantitative estimate of drug-likeness (QED) is 0.590. The van der Waals surface area contributed by atoms with Crippen molar-refractivity contribution in [1.29, 1.82) is 0 Å². The summed E-state index contributed by atoms with van der Waals surface area (Å²) in [5.41, 5.74) is 1.89. The molecule has 0 spiro atoms. The third-order valence-electron chi connectivity index (χ3n) is 5.33. The number of amides is 1. The van der Waals surface area contributed by atoms with E-state index in [-0.39, 0.29) is 12.1 Å². The van der Waals surface area contributed by atoms with E-state index in [1.165, 1.54) is 18.4 Å². The van der Waals surface area contributed by atoms with Crippen molar-refractivity contribution >= 4 is 11.9 Å². The zero-order valence-electron chi connectivity index (χ0n) is 18.8. The van der Waals surface area contributed by atoms with Crippen molar-refractivity contribution in [2.24, 2.45) is 0 Å². The predicted molar refractivity (Wildman–Crippen MR) is 122 cm³/mol. The second kappa shape index (κ2) is 10.1. The molecule has 1 aromatic carbocycles. The molecule has 1 atom stereocenters. The first kappa shape index (κ1) is 22.3. The number of likely N-dealkylation sites (tertiary alicyclic amines) is 1. The van der Waals surface area contributed by atoms with Gasteiger partial charge in [0.25, 0.3) is 0 Å². The molecule has 1 aliphatic heterocycles. The van der Waals surface area contributed by atoms with Crippen molar-refractivity contribution in [3.8, 4) is 0 Å². The number of benzene rings is 1. The number of anilines is 1. The highest BCUT2D eigenvalue weighted by molar-refractivity contribution is 5.87. The van der Waals surface area contributed by atoms with Gasteiger partial charge in [0.1, 0.15) is 11.4 Å². The highest BCUT2D eigenvalue weighted by Crippen LogP contribution is 2.36. The molecule has 0 unspecified atom stereocenters. The van der Waals surface area contributed by atoms with E-state index >= 15 is 0 Å². The highest BCUT2D eigenvalue weighted by atomic mass is 16.6. The summed E-state index contributed by atoms with van der Waals surface area (Å²) >= 11 is 0. The Morgan fingerprint density at radius 1 is 1.17 bits per heavy atom. The van der Waals surface area contributed by atoms with Crippen LogP contribution in [0.3, 0.4) is 0 Å². The van der Waals surface area contributed by atoms with Crippen LogP contribution in [0.4, 0.5) is 10.6 Å². The highest BCUT2D eigenvalue weighted by Gasteiger charge is 2.31. The van der Waals surface area contributed by atoms with Crippen LogP contribution in [0.1, 0.15) is 70.5 Å². The standard InChI is InChI=1S/C25H35N3O2/c1-5-17-28(24(29)30-25(2,3)4)23-21(14-11-16-26-23)22-15-9-10-18-27(22)19-20-12-7-6-8-13-20/h6-8,11-14,16,22H,5,9-10,15,17-19H2,1-4H3/t22-/m1/s1. The van der Waals surface area contributed by atoms with Crippen molar-refractivity contribution in [2.45, 2.75) is 71.6 Å². The number of carbonyl (C=O) groups excluding carboxylic acids is 1. The van der Waals surface area contributed by atoms with E-state index < -0.39 is 5.60 Å². The van der Waals surface area contributed by atoms with Gasteiger partial charge in [0, 0.05) is 30.9 Å². The number of piperidine rings is 1. The maximum atomic E-state index is 13.0. The second-order valence-electron chi connectivity index (χ2n) is 9.02. The molecule has 162 valence electrons. The summed E-state index contributed by atoms with van der Waals surface area (Å²) in [7, 11) is 0. The fourth-order valence-electron chi connectivity index (χ4n) is 4.07. The molecule has 0 N–H and O–H groups in total. The largest absolute Gasteiger partial charge is 0.443 e. The van der Waals surface area contributed by atoms with E-state index in [0.29, 0.717) is 6.54 Å². The van der Waals surface area contributed by atoms with Gasteiger partial charge in [0.2, 0.25) is 0 Å². The molecular formula is C25H35N3O2. The number of pyridine rings is 1. The molecule has 1 fully saturated rings. The van der Waals surface area contributed by atoms with Crippen LogP contribution in [0.15, 0.2) is 48.7 Å². The fraction of sp³-hybridized carbons (Fsp3) is 0.520. The minimum Gasteiger partial charge on any atom is -0.443 e. The summed E-state index contributed by atoms with van der Waals surface area (Å²) in [5, 5.41) is 0. The molecule has 2 aromatic rings. The van der Waals surface area contributed by atoms with E-state index in [2.05, 4.69) is 53.2 Å². The lowest BCUT2D eigenvalue weighted by Crippen LogP contribution is -2.40. The number of rotatable bonds is 6. The van der Waals surface area contributed by atoms with Crippen molar-refractivity contribution < 1.29 is 9.53 Å². The molecule has 0 bridgehead atoms. The minimum absolute atomic E-state index is 0.240. The van der Waals surface area contributed by atoms with Gasteiger partial charge in [-0.1, -0.05) is 49.7 Å². The van der Waals surface area contributed by atoms with Gasteiger partial charge >= 0.3 is 6.09 Å². The smallest absolute Gasteiger partial charge is 0.416 e. The normalized spacial score (nSPS) is 17.5. The first-order valence-electron chi connectivity index (χ1n) is 11.1. The van der Waals surface area contributed by atoms with Crippen LogP contribution in [0.5, 0.6) is 0 Å². The first-order valence-corrected chi connectivity index (χ1v) is 11.1. The van der Waals surface area contributed by atoms with Gasteiger partial charge in [-0.3, -0.25) is 9.80 Å². The van der Waals surface area contributed by atoms with Crippen LogP contribution in [-0.4, -0.2) is 34.7 Å². The van der Waals surface area contributed by atoms with Crippen LogP contribution in [0.2, 0.25) is 0 Å². The van der Waals surface area contributed by atoms with Crippen molar-refractivity contribution in [3.63, 3.8) is 0 Å². The molecule has 5 heteroatoms. The van der Waals surface area contributed by atoms with E-state index in [1.54, 1.807) is 11.1 Å². The summed E-state index contributed by atoms with van der Waals surface area (Å²) in [5.74, 6) is 0.735. The summed E-state index contributed by atoms with van der Waals surface area (Å²) in [6.45, 7) is 10.3. The Balaban J connectivity index is 1.91. The van der Waals surface area contributed by atoms with Crippen LogP contribution in [-0.2, 0) is 11.3 Å². The maximum Gasteiger partial charge on any atom is 0.416 e. The Morgan fingerprint density at radius 2 is 1.93 bits per heavy atom. The number of aromatic nitrogens is 1. The summed E-state index contributed by atoms with van der Waals surface area (Å²) in [6, 6.07) is 14.9. The van der Waals surface area contributed by atoms with Gasteiger partial charge in [-0.25, -0.2) is 9.78 Å². The average molecular weight is 410 g/mol. The lowest BCUT2D eigenvalue weighted by molar-refractivity contribution is 0.0577. The zero-order chi connectivity index (χ0) is 21.6. The zero-order valence-corrected chi connectivity index (χ0v) is 18.8. The monoisotopic (exact) mass is 409 g/mol. The summed E-state index contributed by atoms with van der Waals surface area (Å²) in [4.78, 5) is 21.9. The van der Waals surface area contributed by atoms with Gasteiger partial charge in [0.15, 0.2) is 0 Å². The molecule has 0 saturated carbocycles. The molecule has 1 saturated heterocycles. The minimum atomic E-state index is -0.539. The molecule has 1 aromatic heterocycles. The van der Waals surface area contributed by atoms with Crippen LogP contribution < -0.4 is 4.90 Å². The van der Waals surface area contributed by atoms with Gasteiger partial charge in [-0.2, -0.15) is 0 Å². The predicted octanol–water partition coefficient (Wildman–Crippen LogP) is 5.96. The molecule has 1 amide bonds. The summed E-state index contributed by atoms with van der Waals surface area (Å²) < 4.78 is 5.71. The first-order chi connectivity index (χ1) is 14.4. The van der Waals surface area contributed by atoms with Crippen molar-refractivity contribution in [3.05, 3.63) is 59.8 Å². The Labute approximate surface area is 181 Å². The lowest BCUT2D eigenvalue weighted by atomic mass is 9.94. The van der Waals surface area contributed by atoms with Crippen LogP contribution >= 0.6 is 0 Å². The Hall–Kier alpha value is -2.40. The van der Waals surface area contributed by atoms with E-state index in [1.807, 2.05) is 26.8 Å². The van der Waals surface area contributed by atoms with Gasteiger partial charge in [-0.15, -0.1) is 0 Å². The van der Waals surface area contributed by atoms with Crippen LogP contribution in [0.25, 0.3) is 0 Å². The Morgan fingerprint density at radius 3 is 2.63 bits per heavy atom. The number of ether oxygens (including phenoxy) is 1. The topological polar surface area (TPSA) is 45.7 Å². The molecule has 1 aliphatic rings. The Bertz CT molecular complexity index is 817. The molecule has 0 aliphatic carbocycles. The maximum absolute atomic E-state index is 13.0. The average Bonchev–Trinajstić information content (AvgIpc) is 2.72. The molecular weight excluding hydrogens is 374 g/mol. The molecule has 2 heterocycles. The number of hydrogen-bond acceptors (Lipinski definition) is 4. The van der Waals surface area contributed by atoms with Gasteiger partial charge in [0.05, 0.1) is 0 Å². The van der Waals surface area contributed by atoms with E-state index in [0.717, 1.165) is 37.3 Å². The molecule has 30 heavy (non-hydrogen) atoms. The van der Waals surface area contributed by atoms with Crippen molar-refractivity contribution in [2.75, 3.05) is 18.0 Å². The third kappa shape index (κ3) is 5.82. The lowest BCUT2D eigenvalue weighted by Gasteiger charge is -2.38. The number of carbonyl (C=O) groups is 1. The molecule has 0 radical (unpaired) electrons. The van der Waals surface area contributed by atoms with Crippen molar-refractivity contribution in [1.82, 2.24) is 9.88 Å². The van der Waals surface area contributed by atoms with E-state index in [9.17, 15) is 4.79 Å². The molecule has 5 nitrogen and oxygen atoms in total. The third-order valence-corrected chi connectivity index (χ3v) is 5.33. The van der Waals surface area contributed by atoms with Gasteiger partial charge in [-0.05, 0) is 58.2 Å². The fourth-order valence-corrected chi connectivity index (χ4v) is 4.07. The SMILES string of the molecule is CCCN(C(=O)OC(C)(C)C)c1ncccc1[C@H]1CCCCN1Cc1ccccc1.